The molecular weight excluding hydrogens is 1180 g/mol. The highest BCUT2D eigenvalue weighted by Crippen LogP contribution is 2.48. The molecule has 4 aromatic rings. The predicted molar refractivity (Wildman–Crippen MR) is 337 cm³/mol. The van der Waals surface area contributed by atoms with Crippen LogP contribution in [0.25, 0.3) is 27.8 Å². The van der Waals surface area contributed by atoms with Crippen LogP contribution in [0, 0.1) is 0 Å². The van der Waals surface area contributed by atoms with Gasteiger partial charge in [0.2, 0.25) is 47.3 Å². The van der Waals surface area contributed by atoms with Gasteiger partial charge in [0, 0.05) is 147 Å². The predicted octanol–water partition coefficient (Wildman–Crippen LogP) is 6.23. The van der Waals surface area contributed by atoms with Crippen LogP contribution in [-0.4, -0.2) is 158 Å². The average molecular weight is 1260 g/mol. The van der Waals surface area contributed by atoms with Crippen molar-refractivity contribution in [1.29, 1.82) is 0 Å². The number of ether oxygens (including phenoxy) is 5. The molecule has 26 nitrogen and oxygen atoms in total. The summed E-state index contributed by atoms with van der Waals surface area (Å²) in [5.41, 5.74) is 9.94. The van der Waals surface area contributed by atoms with Crippen LogP contribution in [0.1, 0.15) is 118 Å². The largest absolute Gasteiger partial charge is 0.533 e. The van der Waals surface area contributed by atoms with Gasteiger partial charge in [-0.1, -0.05) is 35.9 Å². The highest BCUT2D eigenvalue weighted by Gasteiger charge is 2.35. The van der Waals surface area contributed by atoms with Gasteiger partial charge in [0.05, 0.1) is 26.4 Å². The second-order valence-corrected chi connectivity index (χ2v) is 21.4. The van der Waals surface area contributed by atoms with E-state index in [1.54, 1.807) is 38.5 Å². The van der Waals surface area contributed by atoms with Crippen molar-refractivity contribution >= 4 is 93.5 Å². The molecule has 0 spiro atoms. The summed E-state index contributed by atoms with van der Waals surface area (Å²) in [7, 11) is 6.22. The van der Waals surface area contributed by atoms with E-state index >= 15 is 0 Å². The smallest absolute Gasteiger partial charge is 0.432 e. The first-order valence-electron chi connectivity index (χ1n) is 30.1. The van der Waals surface area contributed by atoms with E-state index in [1.165, 1.54) is 14.2 Å². The first-order valence-corrected chi connectivity index (χ1v) is 30.1. The van der Waals surface area contributed by atoms with E-state index in [0.29, 0.717) is 117 Å². The lowest BCUT2D eigenvalue weighted by atomic mass is 9.97. The number of hydrogen-bond acceptors (Lipinski definition) is 17. The van der Waals surface area contributed by atoms with E-state index in [0.717, 1.165) is 39.0 Å². The summed E-state index contributed by atoms with van der Waals surface area (Å²) in [5, 5.41) is 22.8. The van der Waals surface area contributed by atoms with Crippen molar-refractivity contribution in [2.45, 2.75) is 95.8 Å². The molecule has 0 radical (unpaired) electrons. The van der Waals surface area contributed by atoms with Crippen LogP contribution >= 0.6 is 0 Å². The number of methoxy groups -OCH3 is 4. The molecule has 7 rings (SSSR count). The number of anilines is 4. The van der Waals surface area contributed by atoms with Gasteiger partial charge >= 0.3 is 6.16 Å². The molecule has 2 aliphatic carbocycles. The molecule has 4 aromatic carbocycles. The minimum Gasteiger partial charge on any atom is -0.432 e. The molecule has 1 aliphatic heterocycles. The molecule has 1 heterocycles. The number of amides is 10. The third kappa shape index (κ3) is 22.6. The zero-order valence-corrected chi connectivity index (χ0v) is 51.9. The molecule has 1 saturated heterocycles. The standard InChI is InChI=1S/C35H43N5O11.C30H38N4O6/c1-48-17-15-36-29(41)5-3-7-31(43)38-22-9-11-24-25-12-10-23(39-32(44)8-4-6-30(42)37-16-18-49-2)20-27(25)28(26(24)19-22)21-50-35(47)51-40-33(45)13-14-34(40)46;1-20-25-18-21(33-29(37)8-4-6-27(35)31-14-16-39-2)10-12-23(25)24-13-11-22(19-26(20)24)34-30(38)9-5-7-28(36)32-15-17-40-3/h9-12,19-20,28H,3-8,13-18,21H2,1-2H3,(H,36,41)(H,37,42)(H,38,43)(H,39,44);10-13,18-19H,1,4-9,14-17H2,2-3H3,(H,31,35)(H,32,36)(H,33,37)(H,34,38). The lowest BCUT2D eigenvalue weighted by Gasteiger charge is -2.17. The van der Waals surface area contributed by atoms with Crippen LogP contribution < -0.4 is 42.5 Å². The Morgan fingerprint density at radius 2 is 0.714 bits per heavy atom. The van der Waals surface area contributed by atoms with Gasteiger partial charge in [0.25, 0.3) is 11.8 Å². The van der Waals surface area contributed by atoms with E-state index in [9.17, 15) is 52.7 Å². The lowest BCUT2D eigenvalue weighted by molar-refractivity contribution is -0.177. The van der Waals surface area contributed by atoms with Crippen LogP contribution in [0.4, 0.5) is 27.5 Å². The maximum atomic E-state index is 12.7. The summed E-state index contributed by atoms with van der Waals surface area (Å²) < 4.78 is 25.0. The van der Waals surface area contributed by atoms with Crippen LogP contribution in [0.5, 0.6) is 0 Å². The van der Waals surface area contributed by atoms with Crippen molar-refractivity contribution < 1.29 is 81.3 Å². The first kappa shape index (κ1) is 70.7. The minimum absolute atomic E-state index is 0.0678. The van der Waals surface area contributed by atoms with Crippen LogP contribution in [0.15, 0.2) is 79.4 Å². The summed E-state index contributed by atoms with van der Waals surface area (Å²) in [6.07, 6.45) is 1.83. The topological polar surface area (TPSA) is 343 Å². The number of hydrogen-bond donors (Lipinski definition) is 8. The van der Waals surface area contributed by atoms with Crippen molar-refractivity contribution in [2.24, 2.45) is 0 Å². The lowest BCUT2D eigenvalue weighted by Crippen LogP contribution is -2.32. The minimum atomic E-state index is -1.24. The zero-order chi connectivity index (χ0) is 65.7. The van der Waals surface area contributed by atoms with Crippen molar-refractivity contribution in [3.63, 3.8) is 0 Å². The Balaban J connectivity index is 0.000000298. The second-order valence-electron chi connectivity index (χ2n) is 21.4. The molecule has 1 fully saturated rings. The van der Waals surface area contributed by atoms with E-state index in [-0.39, 0.29) is 118 Å². The number of nitrogens with one attached hydrogen (secondary N) is 8. The summed E-state index contributed by atoms with van der Waals surface area (Å²) in [5.74, 6) is -3.33. The van der Waals surface area contributed by atoms with E-state index < -0.39 is 23.9 Å². The molecule has 0 atom stereocenters. The third-order valence-electron chi connectivity index (χ3n) is 14.5. The van der Waals surface area contributed by atoms with E-state index in [2.05, 4.69) is 49.1 Å². The fraction of sp³-hybridized carbons (Fsp3) is 0.431. The average Bonchev–Trinajstić information content (AvgIpc) is 1.69. The Morgan fingerprint density at radius 3 is 1.03 bits per heavy atom. The van der Waals surface area contributed by atoms with Gasteiger partial charge in [-0.15, -0.1) is 0 Å². The third-order valence-corrected chi connectivity index (χ3v) is 14.5. The summed E-state index contributed by atoms with van der Waals surface area (Å²) >= 11 is 0. The van der Waals surface area contributed by atoms with Gasteiger partial charge < -0.3 is 66.2 Å². The Morgan fingerprint density at radius 1 is 0.418 bits per heavy atom. The van der Waals surface area contributed by atoms with Gasteiger partial charge in [-0.3, -0.25) is 52.8 Å². The normalized spacial score (nSPS) is 12.5. The molecule has 0 bridgehead atoms. The Labute approximate surface area is 527 Å². The van der Waals surface area contributed by atoms with Gasteiger partial charge in [-0.25, -0.2) is 4.79 Å². The molecule has 0 saturated carbocycles. The molecule has 488 valence electrons. The molecule has 0 aromatic heterocycles. The molecule has 26 heteroatoms. The molecule has 0 unspecified atom stereocenters. The van der Waals surface area contributed by atoms with Crippen molar-refractivity contribution in [1.82, 2.24) is 26.3 Å². The number of carbonyl (C=O) groups excluding carboxylic acids is 11. The van der Waals surface area contributed by atoms with Gasteiger partial charge in [0.1, 0.15) is 6.61 Å². The highest BCUT2D eigenvalue weighted by atomic mass is 16.8. The number of fused-ring (bicyclic) bond motifs is 6. The van der Waals surface area contributed by atoms with Crippen LogP contribution in [0.2, 0.25) is 0 Å². The van der Waals surface area contributed by atoms with Crippen molar-refractivity contribution in [3.8, 4) is 22.3 Å². The zero-order valence-electron chi connectivity index (χ0n) is 51.9. The first-order chi connectivity index (χ1) is 43.9. The molecule has 8 N–H and O–H groups in total. The highest BCUT2D eigenvalue weighted by molar-refractivity contribution is 6.04. The van der Waals surface area contributed by atoms with Crippen LogP contribution in [-0.2, 0) is 76.5 Å². The van der Waals surface area contributed by atoms with Gasteiger partial charge in [-0.2, -0.15) is 0 Å². The molecular formula is C65H81N9O17. The van der Waals surface area contributed by atoms with Crippen LogP contribution in [0.3, 0.4) is 0 Å². The Bertz CT molecular complexity index is 3100. The Hall–Kier alpha value is -9.37. The monoisotopic (exact) mass is 1260 g/mol. The number of rotatable bonds is 35. The van der Waals surface area contributed by atoms with E-state index in [4.69, 9.17) is 28.5 Å². The summed E-state index contributed by atoms with van der Waals surface area (Å²) in [6.45, 7) is 7.37. The van der Waals surface area contributed by atoms with Gasteiger partial charge in [-0.05, 0) is 124 Å². The number of nitrogens with zero attached hydrogens (tertiary/aromatic N) is 1. The molecule has 10 amide bonds. The SMILES string of the molecule is C=C1c2cc(NC(=O)CCCC(=O)NCCOC)ccc2-c2ccc(NC(=O)CCCC(=O)NCCOC)cc21.COCCNC(=O)CCCC(=O)Nc1ccc2c(c1)C(COC(=O)ON1C(=O)CCC1=O)c1cc(NC(=O)CCCC(=O)NCCOC)ccc1-2. The summed E-state index contributed by atoms with van der Waals surface area (Å²) in [4.78, 5) is 139. The van der Waals surface area contributed by atoms with Crippen molar-refractivity contribution in [3.05, 3.63) is 102 Å². The number of benzene rings is 4. The fourth-order valence-electron chi connectivity index (χ4n) is 10.0. The number of imide groups is 1. The molecule has 3 aliphatic rings. The van der Waals surface area contributed by atoms with Gasteiger partial charge in [0.15, 0.2) is 0 Å². The van der Waals surface area contributed by atoms with Crippen molar-refractivity contribution in [2.75, 3.05) is 109 Å². The molecule has 91 heavy (non-hydrogen) atoms. The van der Waals surface area contributed by atoms with E-state index in [1.807, 2.05) is 48.5 Å². The number of carbonyl (C=O) groups is 11. The maximum absolute atomic E-state index is 12.7. The quantitative estimate of drug-likeness (QED) is 0.0127. The summed E-state index contributed by atoms with van der Waals surface area (Å²) in [6, 6.07) is 22.0. The second kappa shape index (κ2) is 36.9. The maximum Gasteiger partial charge on any atom is 0.533 e. The fourth-order valence-corrected chi connectivity index (χ4v) is 10.0. The number of hydroxylamine groups is 2. The Kier molecular flexibility index (Phi) is 28.7.